The molecule has 154 valence electrons. The van der Waals surface area contributed by atoms with Crippen molar-refractivity contribution in [2.75, 3.05) is 6.54 Å². The second-order valence-electron chi connectivity index (χ2n) is 6.27. The van der Waals surface area contributed by atoms with Gasteiger partial charge in [-0.3, -0.25) is 24.0 Å². The maximum absolute atomic E-state index is 12.5. The van der Waals surface area contributed by atoms with Crippen LogP contribution in [0.4, 0.5) is 0 Å². The zero-order valence-electron chi connectivity index (χ0n) is 15.7. The summed E-state index contributed by atoms with van der Waals surface area (Å²) in [6.45, 7) is 4.28. The highest BCUT2D eigenvalue weighted by molar-refractivity contribution is 5.93. The summed E-state index contributed by atoms with van der Waals surface area (Å²) in [6.07, 6.45) is -0.0580. The molecule has 0 spiro atoms. The second kappa shape index (κ2) is 11.8. The molecule has 0 rings (SSSR count). The van der Waals surface area contributed by atoms with Gasteiger partial charge in [0, 0.05) is 6.42 Å². The number of carbonyl (C=O) groups is 5. The van der Waals surface area contributed by atoms with Gasteiger partial charge in [-0.25, -0.2) is 0 Å². The molecule has 11 heteroatoms. The summed E-state index contributed by atoms with van der Waals surface area (Å²) >= 11 is 0. The van der Waals surface area contributed by atoms with Crippen LogP contribution in [-0.4, -0.2) is 64.5 Å². The molecular formula is C16H28N4O7. The second-order valence-corrected chi connectivity index (χ2v) is 6.27. The first-order valence-corrected chi connectivity index (χ1v) is 8.57. The summed E-state index contributed by atoms with van der Waals surface area (Å²) < 4.78 is 0. The minimum atomic E-state index is -1.24. The molecular weight excluding hydrogens is 360 g/mol. The van der Waals surface area contributed by atoms with E-state index >= 15 is 0 Å². The maximum atomic E-state index is 12.5. The average molecular weight is 388 g/mol. The van der Waals surface area contributed by atoms with Crippen LogP contribution in [0, 0.1) is 5.92 Å². The van der Waals surface area contributed by atoms with Crippen molar-refractivity contribution in [3.63, 3.8) is 0 Å². The third-order valence-corrected chi connectivity index (χ3v) is 3.90. The van der Waals surface area contributed by atoms with Gasteiger partial charge in [-0.15, -0.1) is 0 Å². The van der Waals surface area contributed by atoms with Crippen molar-refractivity contribution in [1.29, 1.82) is 0 Å². The van der Waals surface area contributed by atoms with Crippen LogP contribution in [0.1, 0.15) is 40.0 Å². The zero-order valence-corrected chi connectivity index (χ0v) is 15.7. The number of carboxylic acids is 2. The molecule has 0 heterocycles. The summed E-state index contributed by atoms with van der Waals surface area (Å²) in [5, 5.41) is 24.5. The standard InChI is InChI=1S/C16H28N4O7/c1-4-8(2)13(16(27)18-7-12(23)24)20-15(26)10(5-6-11(21)22)19-14(25)9(3)17/h8-10,13H,4-7,17H2,1-3H3,(H,18,27)(H,19,25)(H,20,26)(H,21,22)(H,23,24). The molecule has 0 aromatic heterocycles. The predicted octanol–water partition coefficient (Wildman–Crippen LogP) is -1.59. The van der Waals surface area contributed by atoms with Crippen LogP contribution in [0.5, 0.6) is 0 Å². The number of nitrogens with two attached hydrogens (primary N) is 1. The number of aliphatic carboxylic acids is 2. The third kappa shape index (κ3) is 9.54. The first-order valence-electron chi connectivity index (χ1n) is 8.57. The van der Waals surface area contributed by atoms with Crippen LogP contribution in [0.3, 0.4) is 0 Å². The Kier molecular flexibility index (Phi) is 10.7. The molecule has 4 unspecified atom stereocenters. The van der Waals surface area contributed by atoms with Gasteiger partial charge in [0.15, 0.2) is 0 Å². The number of hydrogen-bond acceptors (Lipinski definition) is 6. The molecule has 0 aliphatic rings. The van der Waals surface area contributed by atoms with Crippen molar-refractivity contribution in [3.05, 3.63) is 0 Å². The highest BCUT2D eigenvalue weighted by Crippen LogP contribution is 2.09. The summed E-state index contributed by atoms with van der Waals surface area (Å²) in [5.41, 5.74) is 5.45. The van der Waals surface area contributed by atoms with E-state index in [0.717, 1.165) is 0 Å². The summed E-state index contributed by atoms with van der Waals surface area (Å²) in [6, 6.07) is -3.14. The van der Waals surface area contributed by atoms with Crippen LogP contribution in [0.2, 0.25) is 0 Å². The maximum Gasteiger partial charge on any atom is 0.322 e. The minimum absolute atomic E-state index is 0.191. The molecule has 0 saturated carbocycles. The van der Waals surface area contributed by atoms with Gasteiger partial charge in [0.1, 0.15) is 18.6 Å². The first kappa shape index (κ1) is 24.3. The lowest BCUT2D eigenvalue weighted by Crippen LogP contribution is -2.57. The smallest absolute Gasteiger partial charge is 0.322 e. The average Bonchev–Trinajstić information content (AvgIpc) is 2.59. The van der Waals surface area contributed by atoms with E-state index in [0.29, 0.717) is 6.42 Å². The molecule has 0 fully saturated rings. The molecule has 11 nitrogen and oxygen atoms in total. The predicted molar refractivity (Wildman–Crippen MR) is 94.5 cm³/mol. The Morgan fingerprint density at radius 3 is 1.96 bits per heavy atom. The largest absolute Gasteiger partial charge is 0.481 e. The quantitative estimate of drug-likeness (QED) is 0.231. The fourth-order valence-electron chi connectivity index (χ4n) is 2.07. The molecule has 0 saturated heterocycles. The fraction of sp³-hybridized carbons (Fsp3) is 0.688. The van der Waals surface area contributed by atoms with Gasteiger partial charge in [-0.2, -0.15) is 0 Å². The topological polar surface area (TPSA) is 188 Å². The van der Waals surface area contributed by atoms with Crippen molar-refractivity contribution in [2.24, 2.45) is 11.7 Å². The molecule has 3 amide bonds. The fourth-order valence-corrected chi connectivity index (χ4v) is 2.07. The first-order chi connectivity index (χ1) is 12.5. The van der Waals surface area contributed by atoms with E-state index in [1.165, 1.54) is 6.92 Å². The van der Waals surface area contributed by atoms with E-state index < -0.39 is 54.3 Å². The zero-order chi connectivity index (χ0) is 21.1. The normalized spacial score (nSPS) is 15.0. The Labute approximate surface area is 157 Å². The Balaban J connectivity index is 5.25. The van der Waals surface area contributed by atoms with Gasteiger partial charge in [0.25, 0.3) is 0 Å². The van der Waals surface area contributed by atoms with Crippen LogP contribution < -0.4 is 21.7 Å². The van der Waals surface area contributed by atoms with E-state index in [9.17, 15) is 24.0 Å². The summed E-state index contributed by atoms with van der Waals surface area (Å²) in [7, 11) is 0. The van der Waals surface area contributed by atoms with Gasteiger partial charge in [-0.05, 0) is 19.3 Å². The lowest BCUT2D eigenvalue weighted by atomic mass is 9.97. The highest BCUT2D eigenvalue weighted by Gasteiger charge is 2.30. The van der Waals surface area contributed by atoms with E-state index in [2.05, 4.69) is 16.0 Å². The van der Waals surface area contributed by atoms with Crippen molar-refractivity contribution >= 4 is 29.7 Å². The number of hydrogen-bond donors (Lipinski definition) is 6. The Bertz CT molecular complexity index is 565. The van der Waals surface area contributed by atoms with Crippen LogP contribution >= 0.6 is 0 Å². The Morgan fingerprint density at radius 2 is 1.52 bits per heavy atom. The van der Waals surface area contributed by atoms with Gasteiger partial charge < -0.3 is 31.9 Å². The van der Waals surface area contributed by atoms with Gasteiger partial charge in [0.2, 0.25) is 17.7 Å². The number of nitrogens with one attached hydrogen (secondary N) is 3. The lowest BCUT2D eigenvalue weighted by molar-refractivity contribution is -0.139. The number of rotatable bonds is 12. The number of carboxylic acid groups (broad SMARTS) is 2. The number of amides is 3. The van der Waals surface area contributed by atoms with E-state index in [1.807, 2.05) is 0 Å². The Hall–Kier alpha value is -2.69. The van der Waals surface area contributed by atoms with Gasteiger partial charge in [-0.1, -0.05) is 20.3 Å². The molecule has 27 heavy (non-hydrogen) atoms. The molecule has 0 radical (unpaired) electrons. The van der Waals surface area contributed by atoms with E-state index in [-0.39, 0.29) is 18.8 Å². The lowest BCUT2D eigenvalue weighted by Gasteiger charge is -2.26. The minimum Gasteiger partial charge on any atom is -0.481 e. The van der Waals surface area contributed by atoms with Crippen molar-refractivity contribution < 1.29 is 34.2 Å². The molecule has 4 atom stereocenters. The molecule has 0 aliphatic carbocycles. The highest BCUT2D eigenvalue weighted by atomic mass is 16.4. The SMILES string of the molecule is CCC(C)C(NC(=O)C(CCC(=O)O)NC(=O)C(C)N)C(=O)NCC(=O)O. The van der Waals surface area contributed by atoms with Crippen molar-refractivity contribution in [3.8, 4) is 0 Å². The monoisotopic (exact) mass is 388 g/mol. The van der Waals surface area contributed by atoms with E-state index in [1.54, 1.807) is 13.8 Å². The Morgan fingerprint density at radius 1 is 0.926 bits per heavy atom. The van der Waals surface area contributed by atoms with Crippen LogP contribution in [-0.2, 0) is 24.0 Å². The molecule has 0 aromatic rings. The summed E-state index contributed by atoms with van der Waals surface area (Å²) in [5.74, 6) is -4.79. The summed E-state index contributed by atoms with van der Waals surface area (Å²) in [4.78, 5) is 57.9. The van der Waals surface area contributed by atoms with Crippen molar-refractivity contribution in [1.82, 2.24) is 16.0 Å². The molecule has 0 aromatic carbocycles. The molecule has 0 aliphatic heterocycles. The third-order valence-electron chi connectivity index (χ3n) is 3.90. The molecule has 7 N–H and O–H groups in total. The number of carbonyl (C=O) groups excluding carboxylic acids is 3. The van der Waals surface area contributed by atoms with Gasteiger partial charge in [0.05, 0.1) is 6.04 Å². The van der Waals surface area contributed by atoms with Gasteiger partial charge >= 0.3 is 11.9 Å². The van der Waals surface area contributed by atoms with Crippen molar-refractivity contribution in [2.45, 2.75) is 58.2 Å². The van der Waals surface area contributed by atoms with E-state index in [4.69, 9.17) is 15.9 Å². The van der Waals surface area contributed by atoms with Crippen LogP contribution in [0.25, 0.3) is 0 Å². The van der Waals surface area contributed by atoms with Crippen LogP contribution in [0.15, 0.2) is 0 Å². The molecule has 0 bridgehead atoms.